The molecule has 0 amide bonds. The molecule has 1 saturated carbocycles. The van der Waals surface area contributed by atoms with Crippen LogP contribution in [0.3, 0.4) is 0 Å². The van der Waals surface area contributed by atoms with Gasteiger partial charge < -0.3 is 10.1 Å². The molecule has 124 valence electrons. The summed E-state index contributed by atoms with van der Waals surface area (Å²) in [6, 6.07) is 0. The highest BCUT2D eigenvalue weighted by Gasteiger charge is 2.31. The molecule has 0 aliphatic heterocycles. The van der Waals surface area contributed by atoms with Crippen molar-refractivity contribution in [2.45, 2.75) is 96.4 Å². The van der Waals surface area contributed by atoms with Gasteiger partial charge in [0.1, 0.15) is 0 Å². The van der Waals surface area contributed by atoms with E-state index in [4.69, 9.17) is 4.74 Å². The maximum Gasteiger partial charge on any atom is 0.307 e. The molecule has 0 saturated heterocycles. The average Bonchev–Trinajstić information content (AvgIpc) is 2.43. The van der Waals surface area contributed by atoms with Crippen LogP contribution in [0.15, 0.2) is 0 Å². The summed E-state index contributed by atoms with van der Waals surface area (Å²) in [5, 5.41) is 3.64. The van der Waals surface area contributed by atoms with Gasteiger partial charge in [-0.05, 0) is 26.3 Å². The Balaban J connectivity index is 2.64. The summed E-state index contributed by atoms with van der Waals surface area (Å²) in [7, 11) is 0. The first-order valence-corrected chi connectivity index (χ1v) is 9.13. The Kier molecular flexibility index (Phi) is 9.73. The van der Waals surface area contributed by atoms with Crippen molar-refractivity contribution < 1.29 is 9.53 Å². The predicted octanol–water partition coefficient (Wildman–Crippen LogP) is 4.59. The van der Waals surface area contributed by atoms with E-state index < -0.39 is 0 Å². The maximum absolute atomic E-state index is 12.0. The Morgan fingerprint density at radius 3 is 1.81 bits per heavy atom. The molecule has 0 spiro atoms. The van der Waals surface area contributed by atoms with Crippen LogP contribution in [0.5, 0.6) is 0 Å². The third-order valence-electron chi connectivity index (χ3n) is 4.65. The molecular weight excluding hydrogens is 262 g/mol. The Morgan fingerprint density at radius 1 is 0.905 bits per heavy atom. The Morgan fingerprint density at radius 2 is 1.38 bits per heavy atom. The molecule has 0 radical (unpaired) electrons. The van der Waals surface area contributed by atoms with Gasteiger partial charge in [-0.15, -0.1) is 0 Å². The molecule has 0 heterocycles. The van der Waals surface area contributed by atoms with Gasteiger partial charge in [-0.25, -0.2) is 0 Å². The molecule has 0 bridgehead atoms. The summed E-state index contributed by atoms with van der Waals surface area (Å²) in [6.07, 6.45) is 14.7. The fourth-order valence-electron chi connectivity index (χ4n) is 3.57. The minimum absolute atomic E-state index is 0.0276. The summed E-state index contributed by atoms with van der Waals surface area (Å²) in [4.78, 5) is 12.0. The third-order valence-corrected chi connectivity index (χ3v) is 4.65. The minimum Gasteiger partial charge on any atom is -0.466 e. The molecule has 21 heavy (non-hydrogen) atoms. The lowest BCUT2D eigenvalue weighted by Gasteiger charge is -2.34. The van der Waals surface area contributed by atoms with Crippen LogP contribution in [-0.4, -0.2) is 24.7 Å². The highest BCUT2D eigenvalue weighted by atomic mass is 16.5. The normalized spacial score (nSPS) is 21.0. The minimum atomic E-state index is -0.0365. The van der Waals surface area contributed by atoms with E-state index in [1.807, 2.05) is 6.92 Å². The monoisotopic (exact) mass is 297 g/mol. The number of carbonyl (C=O) groups is 1. The fourth-order valence-corrected chi connectivity index (χ4v) is 3.57. The van der Waals surface area contributed by atoms with Gasteiger partial charge in [-0.3, -0.25) is 4.79 Å². The first-order valence-electron chi connectivity index (χ1n) is 9.13. The van der Waals surface area contributed by atoms with Gasteiger partial charge in [-0.2, -0.15) is 0 Å². The molecule has 0 atom stereocenters. The topological polar surface area (TPSA) is 38.3 Å². The van der Waals surface area contributed by atoms with E-state index in [2.05, 4.69) is 12.2 Å². The molecule has 0 unspecified atom stereocenters. The number of nitrogens with one attached hydrogen (secondary N) is 1. The summed E-state index contributed by atoms with van der Waals surface area (Å²) >= 11 is 0. The fraction of sp³-hybridized carbons (Fsp3) is 0.944. The van der Waals surface area contributed by atoms with Gasteiger partial charge in [-0.1, -0.05) is 64.7 Å². The van der Waals surface area contributed by atoms with E-state index in [0.717, 1.165) is 19.4 Å². The average molecular weight is 297 g/mol. The third kappa shape index (κ3) is 7.85. The van der Waals surface area contributed by atoms with Crippen molar-refractivity contribution in [3.8, 4) is 0 Å². The van der Waals surface area contributed by atoms with Crippen molar-refractivity contribution in [3.63, 3.8) is 0 Å². The molecule has 0 aromatic rings. The molecule has 1 N–H and O–H groups in total. The van der Waals surface area contributed by atoms with E-state index in [9.17, 15) is 4.79 Å². The maximum atomic E-state index is 12.0. The van der Waals surface area contributed by atoms with Gasteiger partial charge in [0.05, 0.1) is 13.0 Å². The van der Waals surface area contributed by atoms with Crippen LogP contribution in [0.4, 0.5) is 0 Å². The summed E-state index contributed by atoms with van der Waals surface area (Å²) < 4.78 is 5.21. The van der Waals surface area contributed by atoms with E-state index in [-0.39, 0.29) is 11.5 Å². The lowest BCUT2D eigenvalue weighted by atomic mass is 9.82. The second-order valence-corrected chi connectivity index (χ2v) is 6.47. The van der Waals surface area contributed by atoms with Crippen molar-refractivity contribution in [2.75, 3.05) is 13.2 Å². The van der Waals surface area contributed by atoms with Gasteiger partial charge in [0.2, 0.25) is 0 Å². The molecular formula is C18H35NO2. The molecule has 3 nitrogen and oxygen atoms in total. The van der Waals surface area contributed by atoms with Gasteiger partial charge in [0.25, 0.3) is 0 Å². The first-order chi connectivity index (χ1) is 10.2. The lowest BCUT2D eigenvalue weighted by Crippen LogP contribution is -2.47. The van der Waals surface area contributed by atoms with Gasteiger partial charge in [0.15, 0.2) is 0 Å². The lowest BCUT2D eigenvalue weighted by molar-refractivity contribution is -0.145. The zero-order valence-electron chi connectivity index (χ0n) is 14.2. The van der Waals surface area contributed by atoms with Gasteiger partial charge >= 0.3 is 5.97 Å². The molecule has 1 rings (SSSR count). The quantitative estimate of drug-likeness (QED) is 0.754. The van der Waals surface area contributed by atoms with E-state index in [0.29, 0.717) is 13.0 Å². The highest BCUT2D eigenvalue weighted by molar-refractivity contribution is 5.70. The van der Waals surface area contributed by atoms with E-state index in [1.165, 1.54) is 57.8 Å². The standard InChI is InChI=1S/C18H35NO2/c1-3-19-18(16-17(20)21-4-2)14-12-10-8-6-5-7-9-11-13-15-18/h19H,3-16H2,1-2H3. The van der Waals surface area contributed by atoms with E-state index in [1.54, 1.807) is 0 Å². The van der Waals surface area contributed by atoms with Crippen LogP contribution in [0, 0.1) is 0 Å². The van der Waals surface area contributed by atoms with Crippen molar-refractivity contribution >= 4 is 5.97 Å². The second kappa shape index (κ2) is 11.1. The van der Waals surface area contributed by atoms with Crippen LogP contribution < -0.4 is 5.32 Å². The Hall–Kier alpha value is -0.570. The summed E-state index contributed by atoms with van der Waals surface area (Å²) in [5.41, 5.74) is -0.0276. The van der Waals surface area contributed by atoms with Crippen LogP contribution >= 0.6 is 0 Å². The smallest absolute Gasteiger partial charge is 0.307 e. The number of esters is 1. The van der Waals surface area contributed by atoms with Gasteiger partial charge in [0, 0.05) is 5.54 Å². The summed E-state index contributed by atoms with van der Waals surface area (Å²) in [6.45, 7) is 5.45. The largest absolute Gasteiger partial charge is 0.466 e. The van der Waals surface area contributed by atoms with Crippen molar-refractivity contribution in [3.05, 3.63) is 0 Å². The number of carbonyl (C=O) groups excluding carboxylic acids is 1. The molecule has 0 aromatic heterocycles. The Bertz CT molecular complexity index is 266. The first kappa shape index (κ1) is 18.5. The van der Waals surface area contributed by atoms with Crippen molar-refractivity contribution in [2.24, 2.45) is 0 Å². The van der Waals surface area contributed by atoms with Crippen LogP contribution in [-0.2, 0) is 9.53 Å². The molecule has 1 aliphatic carbocycles. The van der Waals surface area contributed by atoms with Crippen LogP contribution in [0.1, 0.15) is 90.9 Å². The molecule has 1 aliphatic rings. The second-order valence-electron chi connectivity index (χ2n) is 6.47. The van der Waals surface area contributed by atoms with E-state index >= 15 is 0 Å². The number of hydrogen-bond acceptors (Lipinski definition) is 3. The zero-order valence-corrected chi connectivity index (χ0v) is 14.2. The predicted molar refractivity (Wildman–Crippen MR) is 88.4 cm³/mol. The SMILES string of the molecule is CCNC1(CC(=O)OCC)CCCCCCCCCCC1. The van der Waals surface area contributed by atoms with Crippen molar-refractivity contribution in [1.82, 2.24) is 5.32 Å². The molecule has 1 fully saturated rings. The summed E-state index contributed by atoms with van der Waals surface area (Å²) in [5.74, 6) is -0.0365. The Labute approximate surface area is 131 Å². The zero-order chi connectivity index (χ0) is 15.4. The van der Waals surface area contributed by atoms with Crippen molar-refractivity contribution in [1.29, 1.82) is 0 Å². The van der Waals surface area contributed by atoms with Crippen LogP contribution in [0.25, 0.3) is 0 Å². The highest BCUT2D eigenvalue weighted by Crippen LogP contribution is 2.28. The number of hydrogen-bond donors (Lipinski definition) is 1. The van der Waals surface area contributed by atoms with Crippen LogP contribution in [0.2, 0.25) is 0 Å². The number of rotatable bonds is 5. The molecule has 0 aromatic carbocycles. The number of ether oxygens (including phenoxy) is 1. The molecule has 3 heteroatoms.